The Morgan fingerprint density at radius 3 is 2.36 bits per heavy atom. The highest BCUT2D eigenvalue weighted by atomic mass is 15.4. The molecule has 2 N–H and O–H groups in total. The predicted molar refractivity (Wildman–Crippen MR) is 101 cm³/mol. The third-order valence-corrected chi connectivity index (χ3v) is 3.82. The molecule has 0 aliphatic rings. The maximum atomic E-state index is 9.42. The van der Waals surface area contributed by atoms with Crippen LogP contribution in [0.1, 0.15) is 16.7 Å². The van der Waals surface area contributed by atoms with Gasteiger partial charge >= 0.3 is 0 Å². The van der Waals surface area contributed by atoms with Crippen LogP contribution in [0.25, 0.3) is 5.95 Å². The zero-order chi connectivity index (χ0) is 20.1. The van der Waals surface area contributed by atoms with Crippen LogP contribution in [-0.2, 0) is 0 Å². The largest absolute Gasteiger partial charge is 0.372 e. The summed E-state index contributed by atoms with van der Waals surface area (Å²) >= 11 is 0. The van der Waals surface area contributed by atoms with Crippen LogP contribution in [0.4, 0.5) is 23.1 Å². The van der Waals surface area contributed by atoms with Gasteiger partial charge in [-0.2, -0.15) is 10.5 Å². The van der Waals surface area contributed by atoms with Crippen molar-refractivity contribution < 1.29 is 0 Å². The summed E-state index contributed by atoms with van der Waals surface area (Å²) in [5, 5.41) is 37.1. The third kappa shape index (κ3) is 3.32. The maximum absolute atomic E-state index is 9.42. The molecule has 0 fully saturated rings. The lowest BCUT2D eigenvalue weighted by atomic mass is 10.1. The number of nitriles is 2. The van der Waals surface area contributed by atoms with E-state index in [9.17, 15) is 10.5 Å². The highest BCUT2D eigenvalue weighted by molar-refractivity contribution is 5.74. The number of rotatable bonds is 5. The number of hydrogen-bond acceptors (Lipinski definition) is 10. The predicted octanol–water partition coefficient (Wildman–Crippen LogP) is 2.61. The van der Waals surface area contributed by atoms with Crippen LogP contribution in [0.5, 0.6) is 0 Å². The monoisotopic (exact) mass is 373 g/mol. The Hall–Kier alpha value is -4.38. The molecule has 3 aromatic heterocycles. The molecular formula is C17H15N11. The van der Waals surface area contributed by atoms with Gasteiger partial charge in [0.25, 0.3) is 5.95 Å². The molecule has 0 saturated heterocycles. The zero-order valence-electron chi connectivity index (χ0n) is 15.3. The van der Waals surface area contributed by atoms with Gasteiger partial charge in [0.2, 0.25) is 5.82 Å². The first-order valence-electron chi connectivity index (χ1n) is 8.12. The molecule has 0 aliphatic heterocycles. The Kier molecular flexibility index (Phi) is 5.18. The van der Waals surface area contributed by atoms with Crippen molar-refractivity contribution in [1.29, 1.82) is 10.5 Å². The van der Waals surface area contributed by atoms with E-state index < -0.39 is 0 Å². The SMILES string of the molecule is CNc1nc(NC)c(N=Nc2nn(-c3ncccn3)cc2C#N)c(C)c1C#N. The first kappa shape index (κ1) is 18.4. The van der Waals surface area contributed by atoms with Crippen molar-refractivity contribution in [3.05, 3.63) is 41.3 Å². The summed E-state index contributed by atoms with van der Waals surface area (Å²) in [6.45, 7) is 1.75. The fraction of sp³-hybridized carbons (Fsp3) is 0.176. The molecule has 0 amide bonds. The van der Waals surface area contributed by atoms with Gasteiger partial charge in [0.15, 0.2) is 5.82 Å². The molecule has 3 aromatic rings. The Morgan fingerprint density at radius 2 is 1.75 bits per heavy atom. The quantitative estimate of drug-likeness (QED) is 0.647. The lowest BCUT2D eigenvalue weighted by molar-refractivity contribution is 0.806. The number of aromatic nitrogens is 5. The molecule has 11 nitrogen and oxygen atoms in total. The zero-order valence-corrected chi connectivity index (χ0v) is 15.3. The highest BCUT2D eigenvalue weighted by Crippen LogP contribution is 2.34. The minimum absolute atomic E-state index is 0.104. The second kappa shape index (κ2) is 7.88. The van der Waals surface area contributed by atoms with Crippen molar-refractivity contribution in [1.82, 2.24) is 24.7 Å². The molecular weight excluding hydrogens is 358 g/mol. The average molecular weight is 373 g/mol. The van der Waals surface area contributed by atoms with Crippen LogP contribution < -0.4 is 10.6 Å². The maximum Gasteiger partial charge on any atom is 0.250 e. The smallest absolute Gasteiger partial charge is 0.250 e. The van der Waals surface area contributed by atoms with Gasteiger partial charge in [0.05, 0.1) is 11.8 Å². The van der Waals surface area contributed by atoms with Gasteiger partial charge in [-0.25, -0.2) is 19.6 Å². The summed E-state index contributed by atoms with van der Waals surface area (Å²) < 4.78 is 1.35. The van der Waals surface area contributed by atoms with Crippen molar-refractivity contribution in [3.8, 4) is 18.1 Å². The molecule has 28 heavy (non-hydrogen) atoms. The number of nitrogens with zero attached hydrogens (tertiary/aromatic N) is 9. The van der Waals surface area contributed by atoms with Crippen LogP contribution in [0.15, 0.2) is 34.9 Å². The summed E-state index contributed by atoms with van der Waals surface area (Å²) in [5.41, 5.74) is 1.55. The van der Waals surface area contributed by atoms with Crippen LogP contribution in [-0.4, -0.2) is 38.8 Å². The fourth-order valence-electron chi connectivity index (χ4n) is 2.44. The van der Waals surface area contributed by atoms with E-state index in [1.165, 1.54) is 10.9 Å². The van der Waals surface area contributed by atoms with Gasteiger partial charge in [0.1, 0.15) is 29.2 Å². The summed E-state index contributed by atoms with van der Waals surface area (Å²) in [7, 11) is 3.37. The lowest BCUT2D eigenvalue weighted by Gasteiger charge is -2.11. The summed E-state index contributed by atoms with van der Waals surface area (Å²) in [5.74, 6) is 1.28. The van der Waals surface area contributed by atoms with Crippen molar-refractivity contribution in [2.24, 2.45) is 10.2 Å². The van der Waals surface area contributed by atoms with Gasteiger partial charge in [-0.3, -0.25) is 0 Å². The number of hydrogen-bond donors (Lipinski definition) is 2. The molecule has 3 rings (SSSR count). The Balaban J connectivity index is 2.07. The molecule has 138 valence electrons. The van der Waals surface area contributed by atoms with E-state index in [4.69, 9.17) is 0 Å². The van der Waals surface area contributed by atoms with Crippen LogP contribution >= 0.6 is 0 Å². The second-order valence-corrected chi connectivity index (χ2v) is 5.44. The summed E-state index contributed by atoms with van der Waals surface area (Å²) in [6, 6.07) is 5.81. The van der Waals surface area contributed by atoms with Gasteiger partial charge in [-0.05, 0) is 13.0 Å². The van der Waals surface area contributed by atoms with Crippen molar-refractivity contribution >= 4 is 23.1 Å². The van der Waals surface area contributed by atoms with Gasteiger partial charge in [-0.15, -0.1) is 15.3 Å². The topological polar surface area (TPSA) is 153 Å². The number of anilines is 2. The summed E-state index contributed by atoms with van der Waals surface area (Å²) in [4.78, 5) is 12.5. The first-order valence-corrected chi connectivity index (χ1v) is 8.12. The van der Waals surface area contributed by atoms with E-state index in [0.717, 1.165) is 0 Å². The van der Waals surface area contributed by atoms with Crippen molar-refractivity contribution in [2.75, 3.05) is 24.7 Å². The lowest BCUT2D eigenvalue weighted by Crippen LogP contribution is -2.03. The van der Waals surface area contributed by atoms with Crippen LogP contribution in [0, 0.1) is 29.6 Å². The number of pyridine rings is 1. The standard InChI is InChI=1S/C17H15N11/c1-10-12(8-19)15(20-2)24-16(21-3)13(10)25-26-14-11(7-18)9-28(27-14)17-22-5-4-6-23-17/h4-6,9H,1-3H3,(H2,20,21,24). The van der Waals surface area contributed by atoms with Gasteiger partial charge in [-0.1, -0.05) is 0 Å². The van der Waals surface area contributed by atoms with Crippen molar-refractivity contribution in [3.63, 3.8) is 0 Å². The highest BCUT2D eigenvalue weighted by Gasteiger charge is 2.17. The minimum atomic E-state index is 0.104. The third-order valence-electron chi connectivity index (χ3n) is 3.82. The van der Waals surface area contributed by atoms with E-state index in [2.05, 4.69) is 47.0 Å². The Labute approximate surface area is 160 Å². The average Bonchev–Trinajstić information content (AvgIpc) is 3.16. The van der Waals surface area contributed by atoms with Crippen molar-refractivity contribution in [2.45, 2.75) is 6.92 Å². The van der Waals surface area contributed by atoms with E-state index in [1.807, 2.05) is 6.07 Å². The van der Waals surface area contributed by atoms with E-state index in [1.54, 1.807) is 39.5 Å². The molecule has 3 heterocycles. The van der Waals surface area contributed by atoms with E-state index >= 15 is 0 Å². The fourth-order valence-corrected chi connectivity index (χ4v) is 2.44. The van der Waals surface area contributed by atoms with E-state index in [-0.39, 0.29) is 11.4 Å². The number of azo groups is 1. The Morgan fingerprint density at radius 1 is 1.04 bits per heavy atom. The first-order chi connectivity index (χ1) is 13.6. The van der Waals surface area contributed by atoms with Crippen LogP contribution in [0.2, 0.25) is 0 Å². The van der Waals surface area contributed by atoms with Crippen LogP contribution in [0.3, 0.4) is 0 Å². The molecule has 0 radical (unpaired) electrons. The Bertz CT molecular complexity index is 1120. The molecule has 0 unspecified atom stereocenters. The normalized spacial score (nSPS) is 10.5. The summed E-state index contributed by atoms with van der Waals surface area (Å²) in [6.07, 6.45) is 4.61. The van der Waals surface area contributed by atoms with E-state index in [0.29, 0.717) is 34.4 Å². The molecule has 0 bridgehead atoms. The minimum Gasteiger partial charge on any atom is -0.372 e. The molecule has 0 saturated carbocycles. The molecule has 0 aromatic carbocycles. The molecule has 0 spiro atoms. The van der Waals surface area contributed by atoms with Gasteiger partial charge in [0, 0.05) is 32.1 Å². The number of nitrogens with one attached hydrogen (secondary N) is 2. The van der Waals surface area contributed by atoms with Gasteiger partial charge < -0.3 is 10.6 Å². The second-order valence-electron chi connectivity index (χ2n) is 5.44. The molecule has 0 aliphatic carbocycles. The molecule has 11 heteroatoms. The molecule has 0 atom stereocenters.